The van der Waals surface area contributed by atoms with Gasteiger partial charge in [-0.1, -0.05) is 30.3 Å². The van der Waals surface area contributed by atoms with E-state index in [1.807, 2.05) is 37.5 Å². The second-order valence-corrected chi connectivity index (χ2v) is 9.76. The minimum absolute atomic E-state index is 0.520. The van der Waals surface area contributed by atoms with E-state index in [1.165, 1.54) is 24.0 Å². The minimum Gasteiger partial charge on any atom is -0.379 e. The Morgan fingerprint density at radius 2 is 1.61 bits per heavy atom. The molecule has 0 radical (unpaired) electrons. The highest BCUT2D eigenvalue weighted by molar-refractivity contribution is 5.76. The molecule has 1 aliphatic carbocycles. The Bertz CT molecular complexity index is 1340. The summed E-state index contributed by atoms with van der Waals surface area (Å²) in [5, 5.41) is 3.57. The van der Waals surface area contributed by atoms with Gasteiger partial charge in [-0.15, -0.1) is 0 Å². The molecule has 0 spiro atoms. The first-order valence-corrected chi connectivity index (χ1v) is 12.8. The molecule has 1 aliphatic heterocycles. The number of hydrogen-bond acceptors (Lipinski definition) is 6. The number of rotatable bonds is 7. The SMILES string of the molecule is Cc1cccc(-c2cc(-c3cncc(-c4ccc(CN5CCOCC5)cc4)c3)cc(NC3CC3)n2)n1. The third kappa shape index (κ3) is 5.45. The summed E-state index contributed by atoms with van der Waals surface area (Å²) in [4.78, 5) is 16.6. The van der Waals surface area contributed by atoms with E-state index in [-0.39, 0.29) is 0 Å². The van der Waals surface area contributed by atoms with E-state index in [2.05, 4.69) is 57.7 Å². The van der Waals surface area contributed by atoms with Gasteiger partial charge in [0.25, 0.3) is 0 Å². The average molecular weight is 478 g/mol. The van der Waals surface area contributed by atoms with Crippen molar-refractivity contribution < 1.29 is 4.74 Å². The molecule has 4 aromatic rings. The number of pyridine rings is 3. The lowest BCUT2D eigenvalue weighted by atomic mass is 10.0. The zero-order chi connectivity index (χ0) is 24.3. The van der Waals surface area contributed by atoms with Crippen molar-refractivity contribution in [3.05, 3.63) is 84.3 Å². The maximum absolute atomic E-state index is 5.47. The second kappa shape index (κ2) is 10.2. The van der Waals surface area contributed by atoms with Crippen molar-refractivity contribution >= 4 is 5.82 Å². The van der Waals surface area contributed by atoms with E-state index in [0.717, 1.165) is 72.4 Å². The predicted octanol–water partition coefficient (Wildman–Crippen LogP) is 5.59. The van der Waals surface area contributed by atoms with Crippen LogP contribution in [0, 0.1) is 6.92 Å². The molecule has 2 aliphatic rings. The van der Waals surface area contributed by atoms with Crippen molar-refractivity contribution in [2.75, 3.05) is 31.6 Å². The second-order valence-electron chi connectivity index (χ2n) is 9.76. The minimum atomic E-state index is 0.520. The van der Waals surface area contributed by atoms with Crippen LogP contribution in [0.1, 0.15) is 24.1 Å². The van der Waals surface area contributed by atoms with E-state index in [4.69, 9.17) is 14.7 Å². The van der Waals surface area contributed by atoms with Crippen LogP contribution in [0.2, 0.25) is 0 Å². The van der Waals surface area contributed by atoms with Gasteiger partial charge in [-0.25, -0.2) is 4.98 Å². The Kier molecular flexibility index (Phi) is 6.45. The van der Waals surface area contributed by atoms with Crippen LogP contribution >= 0.6 is 0 Å². The molecule has 0 bridgehead atoms. The summed E-state index contributed by atoms with van der Waals surface area (Å²) in [6.07, 6.45) is 6.26. The fourth-order valence-corrected chi connectivity index (χ4v) is 4.60. The van der Waals surface area contributed by atoms with Crippen molar-refractivity contribution in [1.29, 1.82) is 0 Å². The van der Waals surface area contributed by atoms with Crippen molar-refractivity contribution in [1.82, 2.24) is 19.9 Å². The number of nitrogens with one attached hydrogen (secondary N) is 1. The quantitative estimate of drug-likeness (QED) is 0.375. The Labute approximate surface area is 212 Å². The standard InChI is InChI=1S/C30H31N5O/c1-21-3-2-4-28(32-21)29-16-24(17-30(34-29)33-27-9-10-27)26-15-25(18-31-19-26)23-7-5-22(6-8-23)20-35-11-13-36-14-12-35/h2-8,15-19,27H,9-14,20H2,1H3,(H,33,34). The Morgan fingerprint density at radius 1 is 0.833 bits per heavy atom. The summed E-state index contributed by atoms with van der Waals surface area (Å²) in [5.74, 6) is 0.895. The lowest BCUT2D eigenvalue weighted by Gasteiger charge is -2.26. The Morgan fingerprint density at radius 3 is 2.36 bits per heavy atom. The number of anilines is 1. The van der Waals surface area contributed by atoms with Gasteiger partial charge >= 0.3 is 0 Å². The van der Waals surface area contributed by atoms with Gasteiger partial charge in [0.1, 0.15) is 5.82 Å². The normalized spacial score (nSPS) is 16.1. The van der Waals surface area contributed by atoms with Crippen LogP contribution in [-0.4, -0.2) is 52.2 Å². The fourth-order valence-electron chi connectivity index (χ4n) is 4.60. The molecule has 6 rings (SSSR count). The smallest absolute Gasteiger partial charge is 0.127 e. The first-order chi connectivity index (χ1) is 17.7. The molecule has 36 heavy (non-hydrogen) atoms. The van der Waals surface area contributed by atoms with Crippen LogP contribution in [0.3, 0.4) is 0 Å². The summed E-state index contributed by atoms with van der Waals surface area (Å²) < 4.78 is 5.47. The molecule has 2 fully saturated rings. The van der Waals surface area contributed by atoms with Crippen molar-refractivity contribution in [2.45, 2.75) is 32.4 Å². The highest BCUT2D eigenvalue weighted by atomic mass is 16.5. The highest BCUT2D eigenvalue weighted by Crippen LogP contribution is 2.32. The molecule has 1 aromatic carbocycles. The zero-order valence-corrected chi connectivity index (χ0v) is 20.7. The molecule has 0 unspecified atom stereocenters. The van der Waals surface area contributed by atoms with Crippen LogP contribution in [0.15, 0.2) is 73.1 Å². The fraction of sp³-hybridized carbons (Fsp3) is 0.300. The van der Waals surface area contributed by atoms with Crippen LogP contribution < -0.4 is 5.32 Å². The molecule has 0 atom stereocenters. The van der Waals surface area contributed by atoms with Crippen molar-refractivity contribution in [3.8, 4) is 33.6 Å². The van der Waals surface area contributed by atoms with Crippen LogP contribution in [-0.2, 0) is 11.3 Å². The Hall–Kier alpha value is -3.61. The van der Waals surface area contributed by atoms with E-state index in [0.29, 0.717) is 6.04 Å². The Balaban J connectivity index is 1.29. The van der Waals surface area contributed by atoms with Gasteiger partial charge in [-0.05, 0) is 66.8 Å². The molecule has 0 amide bonds. The molecular formula is C30H31N5O. The molecule has 182 valence electrons. The number of nitrogens with zero attached hydrogens (tertiary/aromatic N) is 4. The van der Waals surface area contributed by atoms with Gasteiger partial charge in [0.2, 0.25) is 0 Å². The summed E-state index contributed by atoms with van der Waals surface area (Å²) >= 11 is 0. The number of hydrogen-bond donors (Lipinski definition) is 1. The third-order valence-electron chi connectivity index (χ3n) is 6.77. The van der Waals surface area contributed by atoms with Gasteiger partial charge in [-0.3, -0.25) is 14.9 Å². The molecule has 1 saturated heterocycles. The zero-order valence-electron chi connectivity index (χ0n) is 20.7. The van der Waals surface area contributed by atoms with Gasteiger partial charge in [-0.2, -0.15) is 0 Å². The third-order valence-corrected chi connectivity index (χ3v) is 6.77. The first-order valence-electron chi connectivity index (χ1n) is 12.8. The monoisotopic (exact) mass is 477 g/mol. The molecule has 6 heteroatoms. The van der Waals surface area contributed by atoms with Gasteiger partial charge < -0.3 is 10.1 Å². The van der Waals surface area contributed by atoms with E-state index < -0.39 is 0 Å². The molecule has 1 N–H and O–H groups in total. The number of ether oxygens (including phenoxy) is 1. The molecular weight excluding hydrogens is 446 g/mol. The molecule has 1 saturated carbocycles. The number of morpholine rings is 1. The number of benzene rings is 1. The summed E-state index contributed by atoms with van der Waals surface area (Å²) in [5.41, 5.74) is 8.50. The predicted molar refractivity (Wildman–Crippen MR) is 144 cm³/mol. The van der Waals surface area contributed by atoms with Gasteiger partial charge in [0.05, 0.1) is 24.6 Å². The van der Waals surface area contributed by atoms with Crippen LogP contribution in [0.4, 0.5) is 5.82 Å². The largest absolute Gasteiger partial charge is 0.379 e. The topological polar surface area (TPSA) is 63.2 Å². The van der Waals surface area contributed by atoms with E-state index in [1.54, 1.807) is 0 Å². The van der Waals surface area contributed by atoms with Crippen molar-refractivity contribution in [3.63, 3.8) is 0 Å². The van der Waals surface area contributed by atoms with Gasteiger partial charge in [0.15, 0.2) is 0 Å². The summed E-state index contributed by atoms with van der Waals surface area (Å²) in [6.45, 7) is 6.62. The molecule has 4 heterocycles. The number of aryl methyl sites for hydroxylation is 1. The average Bonchev–Trinajstić information content (AvgIpc) is 3.74. The van der Waals surface area contributed by atoms with Crippen LogP contribution in [0.5, 0.6) is 0 Å². The maximum Gasteiger partial charge on any atom is 0.127 e. The molecule has 3 aromatic heterocycles. The maximum atomic E-state index is 5.47. The highest BCUT2D eigenvalue weighted by Gasteiger charge is 2.22. The molecule has 6 nitrogen and oxygen atoms in total. The van der Waals surface area contributed by atoms with Gasteiger partial charge in [0, 0.05) is 54.9 Å². The van der Waals surface area contributed by atoms with Crippen molar-refractivity contribution in [2.24, 2.45) is 0 Å². The lowest BCUT2D eigenvalue weighted by Crippen LogP contribution is -2.35. The van der Waals surface area contributed by atoms with E-state index >= 15 is 0 Å². The summed E-state index contributed by atoms with van der Waals surface area (Å²) in [7, 11) is 0. The first kappa shape index (κ1) is 22.8. The van der Waals surface area contributed by atoms with Crippen LogP contribution in [0.25, 0.3) is 33.6 Å². The summed E-state index contributed by atoms with van der Waals surface area (Å²) in [6, 6.07) is 21.9. The van der Waals surface area contributed by atoms with E-state index in [9.17, 15) is 0 Å². The number of aromatic nitrogens is 3. The lowest BCUT2D eigenvalue weighted by molar-refractivity contribution is 0.0342.